The Balaban J connectivity index is 1.22. The van der Waals surface area contributed by atoms with E-state index in [1.54, 1.807) is 0 Å². The van der Waals surface area contributed by atoms with Crippen molar-refractivity contribution in [3.63, 3.8) is 0 Å². The number of anilines is 3. The van der Waals surface area contributed by atoms with Gasteiger partial charge in [-0.3, -0.25) is 0 Å². The number of nitrogens with zero attached hydrogens (tertiary/aromatic N) is 2. The van der Waals surface area contributed by atoms with Crippen LogP contribution < -0.4 is 4.90 Å². The van der Waals surface area contributed by atoms with Crippen LogP contribution in [0, 0.1) is 11.8 Å². The summed E-state index contributed by atoms with van der Waals surface area (Å²) in [6, 6.07) is 62.7. The number of hydrogen-bond acceptors (Lipinski definition) is 1. The van der Waals surface area contributed by atoms with E-state index in [4.69, 9.17) is 0 Å². The Morgan fingerprint density at radius 1 is 0.436 bits per heavy atom. The molecular formula is C53H52N2. The maximum atomic E-state index is 2.44. The minimum absolute atomic E-state index is 0.490. The van der Waals surface area contributed by atoms with E-state index in [-0.39, 0.29) is 0 Å². The van der Waals surface area contributed by atoms with Gasteiger partial charge in [0.15, 0.2) is 0 Å². The molecule has 0 aliphatic heterocycles. The summed E-state index contributed by atoms with van der Waals surface area (Å²) in [5.74, 6) is 2.35. The minimum atomic E-state index is 0.490. The predicted octanol–water partition coefficient (Wildman–Crippen LogP) is 15.5. The lowest BCUT2D eigenvalue weighted by molar-refractivity contribution is 0.408. The molecule has 0 fully saturated rings. The summed E-state index contributed by atoms with van der Waals surface area (Å²) in [6.07, 6.45) is 1.21. The van der Waals surface area contributed by atoms with Crippen LogP contribution in [0.2, 0.25) is 0 Å². The summed E-state index contributed by atoms with van der Waals surface area (Å²) >= 11 is 0. The van der Waals surface area contributed by atoms with Gasteiger partial charge in [-0.25, -0.2) is 0 Å². The Hall–Kier alpha value is -5.86. The van der Waals surface area contributed by atoms with Crippen LogP contribution in [0.25, 0.3) is 49.7 Å². The van der Waals surface area contributed by atoms with Gasteiger partial charge in [0, 0.05) is 33.5 Å². The van der Waals surface area contributed by atoms with E-state index in [0.29, 0.717) is 23.7 Å². The zero-order valence-electron chi connectivity index (χ0n) is 33.1. The number of fused-ring (bicyclic) bond motifs is 3. The quantitative estimate of drug-likeness (QED) is 0.129. The molecule has 8 aromatic rings. The van der Waals surface area contributed by atoms with E-state index >= 15 is 0 Å². The van der Waals surface area contributed by atoms with Gasteiger partial charge >= 0.3 is 0 Å². The summed E-state index contributed by atoms with van der Waals surface area (Å²) in [6.45, 7) is 13.9. The second kappa shape index (κ2) is 15.5. The number of para-hydroxylation sites is 2. The van der Waals surface area contributed by atoms with Crippen LogP contribution in [0.5, 0.6) is 0 Å². The second-order valence-electron chi connectivity index (χ2n) is 16.2. The predicted molar refractivity (Wildman–Crippen MR) is 237 cm³/mol. The molecule has 0 saturated carbocycles. The van der Waals surface area contributed by atoms with Crippen molar-refractivity contribution in [2.24, 2.45) is 11.8 Å². The van der Waals surface area contributed by atoms with Crippen LogP contribution >= 0.6 is 0 Å². The van der Waals surface area contributed by atoms with Gasteiger partial charge < -0.3 is 9.47 Å². The van der Waals surface area contributed by atoms with Gasteiger partial charge in [0.1, 0.15) is 0 Å². The van der Waals surface area contributed by atoms with Crippen molar-refractivity contribution < 1.29 is 0 Å². The highest BCUT2D eigenvalue weighted by Gasteiger charge is 2.19. The maximum absolute atomic E-state index is 2.44. The first-order valence-corrected chi connectivity index (χ1v) is 20.0. The zero-order valence-corrected chi connectivity index (χ0v) is 33.1. The van der Waals surface area contributed by atoms with Gasteiger partial charge in [-0.1, -0.05) is 139 Å². The Kier molecular flexibility index (Phi) is 10.2. The molecule has 2 heteroatoms. The molecule has 0 saturated heterocycles. The summed E-state index contributed by atoms with van der Waals surface area (Å²) in [5.41, 5.74) is 14.7. The monoisotopic (exact) mass is 716 g/mol. The van der Waals surface area contributed by atoms with E-state index in [1.165, 1.54) is 67.3 Å². The van der Waals surface area contributed by atoms with Crippen molar-refractivity contribution in [2.45, 2.75) is 59.8 Å². The molecule has 55 heavy (non-hydrogen) atoms. The highest BCUT2D eigenvalue weighted by molar-refractivity contribution is 6.11. The van der Waals surface area contributed by atoms with Gasteiger partial charge in [-0.15, -0.1) is 0 Å². The fourth-order valence-corrected chi connectivity index (χ4v) is 8.30. The first-order valence-electron chi connectivity index (χ1n) is 20.0. The van der Waals surface area contributed by atoms with Crippen LogP contribution in [0.4, 0.5) is 17.1 Å². The smallest absolute Gasteiger partial charge is 0.0541 e. The van der Waals surface area contributed by atoms with Crippen molar-refractivity contribution >= 4 is 38.9 Å². The molecule has 0 amide bonds. The summed E-state index contributed by atoms with van der Waals surface area (Å²) in [7, 11) is 0. The number of aromatic nitrogens is 1. The molecule has 274 valence electrons. The Labute approximate surface area is 327 Å². The first-order chi connectivity index (χ1) is 26.7. The SMILES string of the molecule is CC(C)CC(c1ccc(-c2ccc3c(c2)c2cc(-c4ccc(N(c5ccccc5)c5ccccc5)cc4)ccc2n3-c2ccc(C(C)C)cc2)cc1)C(C)C. The molecule has 1 aromatic heterocycles. The Morgan fingerprint density at radius 3 is 1.33 bits per heavy atom. The van der Waals surface area contributed by atoms with E-state index in [0.717, 1.165) is 17.1 Å². The molecule has 7 aromatic carbocycles. The molecule has 0 radical (unpaired) electrons. The molecule has 0 N–H and O–H groups in total. The molecule has 1 unspecified atom stereocenters. The van der Waals surface area contributed by atoms with Gasteiger partial charge in [0.2, 0.25) is 0 Å². The van der Waals surface area contributed by atoms with Crippen LogP contribution in [0.3, 0.4) is 0 Å². The highest BCUT2D eigenvalue weighted by Crippen LogP contribution is 2.40. The molecule has 2 nitrogen and oxygen atoms in total. The van der Waals surface area contributed by atoms with Crippen molar-refractivity contribution in [3.05, 3.63) is 181 Å². The molecule has 0 aliphatic rings. The highest BCUT2D eigenvalue weighted by atomic mass is 15.1. The molecule has 8 rings (SSSR count). The topological polar surface area (TPSA) is 8.17 Å². The van der Waals surface area contributed by atoms with E-state index < -0.39 is 0 Å². The van der Waals surface area contributed by atoms with Crippen molar-refractivity contribution in [2.75, 3.05) is 4.90 Å². The average molecular weight is 717 g/mol. The zero-order chi connectivity index (χ0) is 38.1. The Morgan fingerprint density at radius 2 is 0.873 bits per heavy atom. The lowest BCUT2D eigenvalue weighted by atomic mass is 9.82. The van der Waals surface area contributed by atoms with E-state index in [1.807, 2.05) is 0 Å². The first kappa shape index (κ1) is 36.1. The summed E-state index contributed by atoms with van der Waals surface area (Å²) < 4.78 is 2.44. The fourth-order valence-electron chi connectivity index (χ4n) is 8.30. The Bertz CT molecular complexity index is 2470. The third-order valence-corrected chi connectivity index (χ3v) is 11.3. The van der Waals surface area contributed by atoms with Crippen LogP contribution in [-0.4, -0.2) is 4.57 Å². The largest absolute Gasteiger partial charge is 0.311 e. The standard InChI is InChI=1S/C53H52N2/c1-36(2)33-49(38(5)6)42-19-17-40(18-20-42)43-25-31-52-50(34-43)51-35-44(26-32-53(51)55(52)48-27-21-39(22-28-48)37(3)4)41-23-29-47(30-24-41)54(45-13-9-7-10-14-45)46-15-11-8-12-16-46/h7-32,34-38,49H,33H2,1-6H3. The minimum Gasteiger partial charge on any atom is -0.311 e. The third-order valence-electron chi connectivity index (χ3n) is 11.3. The normalized spacial score (nSPS) is 12.3. The maximum Gasteiger partial charge on any atom is 0.0541 e. The van der Waals surface area contributed by atoms with Gasteiger partial charge in [0.25, 0.3) is 0 Å². The fraction of sp³-hybridized carbons (Fsp3) is 0.208. The lowest BCUT2D eigenvalue weighted by Gasteiger charge is -2.25. The molecular weight excluding hydrogens is 665 g/mol. The molecule has 1 atom stereocenters. The van der Waals surface area contributed by atoms with Crippen LogP contribution in [-0.2, 0) is 0 Å². The van der Waals surface area contributed by atoms with Gasteiger partial charge in [-0.2, -0.15) is 0 Å². The number of benzene rings is 7. The third kappa shape index (κ3) is 7.34. The summed E-state index contributed by atoms with van der Waals surface area (Å²) in [5, 5.41) is 2.53. The van der Waals surface area contributed by atoms with Crippen molar-refractivity contribution in [3.8, 4) is 27.9 Å². The molecule has 0 aliphatic carbocycles. The van der Waals surface area contributed by atoms with Crippen LogP contribution in [0.1, 0.15) is 70.9 Å². The lowest BCUT2D eigenvalue weighted by Crippen LogP contribution is -2.09. The van der Waals surface area contributed by atoms with Crippen LogP contribution in [0.15, 0.2) is 170 Å². The van der Waals surface area contributed by atoms with E-state index in [2.05, 4.69) is 221 Å². The molecule has 0 spiro atoms. The molecule has 0 bridgehead atoms. The van der Waals surface area contributed by atoms with E-state index in [9.17, 15) is 0 Å². The van der Waals surface area contributed by atoms with Crippen molar-refractivity contribution in [1.29, 1.82) is 0 Å². The second-order valence-corrected chi connectivity index (χ2v) is 16.2. The number of rotatable bonds is 11. The molecule has 1 heterocycles. The van der Waals surface area contributed by atoms with Crippen molar-refractivity contribution in [1.82, 2.24) is 4.57 Å². The average Bonchev–Trinajstić information content (AvgIpc) is 3.54. The summed E-state index contributed by atoms with van der Waals surface area (Å²) in [4.78, 5) is 2.31. The number of hydrogen-bond donors (Lipinski definition) is 0. The van der Waals surface area contributed by atoms with Gasteiger partial charge in [-0.05, 0) is 136 Å². The van der Waals surface area contributed by atoms with Gasteiger partial charge in [0.05, 0.1) is 11.0 Å².